The van der Waals surface area contributed by atoms with Crippen LogP contribution in [0.25, 0.3) is 0 Å². The maximum Gasteiger partial charge on any atom is 0.118 e. The molecule has 1 unspecified atom stereocenters. The van der Waals surface area contributed by atoms with Gasteiger partial charge in [0.2, 0.25) is 0 Å². The molecule has 1 fully saturated rings. The molecule has 0 radical (unpaired) electrons. The van der Waals surface area contributed by atoms with E-state index < -0.39 is 0 Å². The predicted octanol–water partition coefficient (Wildman–Crippen LogP) is 3.67. The Morgan fingerprint density at radius 1 is 1.24 bits per heavy atom. The molecule has 2 rings (SSSR count). The van der Waals surface area contributed by atoms with E-state index in [9.17, 15) is 0 Å². The Morgan fingerprint density at radius 3 is 2.47 bits per heavy atom. The van der Waals surface area contributed by atoms with Gasteiger partial charge in [-0.1, -0.05) is 37.8 Å². The lowest BCUT2D eigenvalue weighted by Gasteiger charge is -2.15. The molecule has 1 aromatic carbocycles. The minimum Gasteiger partial charge on any atom is -0.497 e. The van der Waals surface area contributed by atoms with E-state index in [0.717, 1.165) is 18.1 Å². The molecule has 1 aromatic rings. The summed E-state index contributed by atoms with van der Waals surface area (Å²) in [5.41, 5.74) is 7.45. The van der Waals surface area contributed by atoms with E-state index in [1.165, 1.54) is 37.7 Å². The number of hydrogen-bond acceptors (Lipinski definition) is 2. The summed E-state index contributed by atoms with van der Waals surface area (Å²) in [5, 5.41) is 0. The number of ether oxygens (including phenoxy) is 1. The largest absolute Gasteiger partial charge is 0.497 e. The van der Waals surface area contributed by atoms with Crippen LogP contribution in [0.2, 0.25) is 0 Å². The first-order chi connectivity index (χ1) is 8.29. The van der Waals surface area contributed by atoms with Crippen molar-refractivity contribution in [3.63, 3.8) is 0 Å². The maximum absolute atomic E-state index is 6.22. The van der Waals surface area contributed by atoms with Crippen molar-refractivity contribution < 1.29 is 4.74 Å². The summed E-state index contributed by atoms with van der Waals surface area (Å²) in [6, 6.07) is 8.33. The van der Waals surface area contributed by atoms with Crippen molar-refractivity contribution in [2.24, 2.45) is 11.7 Å². The van der Waals surface area contributed by atoms with Crippen LogP contribution in [0.15, 0.2) is 24.3 Å². The molecule has 0 saturated heterocycles. The zero-order chi connectivity index (χ0) is 12.1. The average Bonchev–Trinajstić information content (AvgIpc) is 2.89. The second-order valence-electron chi connectivity index (χ2n) is 5.11. The third-order valence-corrected chi connectivity index (χ3v) is 3.90. The summed E-state index contributed by atoms with van der Waals surface area (Å²) in [7, 11) is 1.69. The third kappa shape index (κ3) is 3.47. The Balaban J connectivity index is 1.83. The molecule has 0 heterocycles. The Kier molecular flexibility index (Phi) is 4.43. The highest BCUT2D eigenvalue weighted by Crippen LogP contribution is 2.31. The van der Waals surface area contributed by atoms with Gasteiger partial charge in [-0.2, -0.15) is 0 Å². The zero-order valence-electron chi connectivity index (χ0n) is 10.7. The van der Waals surface area contributed by atoms with Crippen LogP contribution in [0.5, 0.6) is 5.75 Å². The SMILES string of the molecule is COc1ccc(C(N)CCC2CCCC2)cc1. The van der Waals surface area contributed by atoms with Crippen molar-refractivity contribution in [2.45, 2.75) is 44.6 Å². The van der Waals surface area contributed by atoms with Crippen LogP contribution in [-0.2, 0) is 0 Å². The van der Waals surface area contributed by atoms with Gasteiger partial charge in [0.25, 0.3) is 0 Å². The molecule has 2 N–H and O–H groups in total. The van der Waals surface area contributed by atoms with Crippen LogP contribution in [0.3, 0.4) is 0 Å². The van der Waals surface area contributed by atoms with Crippen molar-refractivity contribution in [3.05, 3.63) is 29.8 Å². The molecule has 2 heteroatoms. The fourth-order valence-corrected chi connectivity index (χ4v) is 2.73. The van der Waals surface area contributed by atoms with Crippen LogP contribution < -0.4 is 10.5 Å². The lowest BCUT2D eigenvalue weighted by Crippen LogP contribution is -2.11. The molecule has 0 bridgehead atoms. The number of methoxy groups -OCH3 is 1. The van der Waals surface area contributed by atoms with E-state index in [1.807, 2.05) is 12.1 Å². The minimum atomic E-state index is 0.182. The van der Waals surface area contributed by atoms with Crippen LogP contribution in [0, 0.1) is 5.92 Å². The van der Waals surface area contributed by atoms with Gasteiger partial charge in [-0.25, -0.2) is 0 Å². The maximum atomic E-state index is 6.22. The molecule has 0 aromatic heterocycles. The molecule has 2 nitrogen and oxygen atoms in total. The molecule has 1 saturated carbocycles. The van der Waals surface area contributed by atoms with Gasteiger partial charge in [-0.3, -0.25) is 0 Å². The summed E-state index contributed by atoms with van der Waals surface area (Å²) < 4.78 is 5.15. The Hall–Kier alpha value is -1.02. The second-order valence-corrected chi connectivity index (χ2v) is 5.11. The van der Waals surface area contributed by atoms with Crippen molar-refractivity contribution in [2.75, 3.05) is 7.11 Å². The van der Waals surface area contributed by atoms with Gasteiger partial charge in [0.05, 0.1) is 7.11 Å². The third-order valence-electron chi connectivity index (χ3n) is 3.90. The van der Waals surface area contributed by atoms with Gasteiger partial charge in [0.15, 0.2) is 0 Å². The molecule has 94 valence electrons. The molecule has 1 aliphatic rings. The molecular formula is C15H23NO. The van der Waals surface area contributed by atoms with Crippen LogP contribution in [0.4, 0.5) is 0 Å². The molecule has 0 amide bonds. The Labute approximate surface area is 104 Å². The summed E-state index contributed by atoms with van der Waals surface area (Å²) in [6.45, 7) is 0. The molecule has 1 aliphatic carbocycles. The lowest BCUT2D eigenvalue weighted by atomic mass is 9.95. The smallest absolute Gasteiger partial charge is 0.118 e. The Bertz CT molecular complexity index is 327. The first-order valence-corrected chi connectivity index (χ1v) is 6.69. The van der Waals surface area contributed by atoms with E-state index in [1.54, 1.807) is 7.11 Å². The van der Waals surface area contributed by atoms with Gasteiger partial charge in [-0.05, 0) is 36.5 Å². The highest BCUT2D eigenvalue weighted by Gasteiger charge is 2.16. The topological polar surface area (TPSA) is 35.2 Å². The van der Waals surface area contributed by atoms with E-state index >= 15 is 0 Å². The van der Waals surface area contributed by atoms with Crippen molar-refractivity contribution in [1.29, 1.82) is 0 Å². The second kappa shape index (κ2) is 6.06. The number of hydrogen-bond donors (Lipinski definition) is 1. The number of rotatable bonds is 5. The lowest BCUT2D eigenvalue weighted by molar-refractivity contribution is 0.414. The molecule has 1 atom stereocenters. The summed E-state index contributed by atoms with van der Waals surface area (Å²) in [5.74, 6) is 1.83. The average molecular weight is 233 g/mol. The molecule has 0 aliphatic heterocycles. The molecular weight excluding hydrogens is 210 g/mol. The normalized spacial score (nSPS) is 18.2. The molecule has 17 heavy (non-hydrogen) atoms. The van der Waals surface area contributed by atoms with Gasteiger partial charge in [-0.15, -0.1) is 0 Å². The first-order valence-electron chi connectivity index (χ1n) is 6.69. The fraction of sp³-hybridized carbons (Fsp3) is 0.600. The first kappa shape index (κ1) is 12.4. The van der Waals surface area contributed by atoms with E-state index in [2.05, 4.69) is 12.1 Å². The van der Waals surface area contributed by atoms with Crippen LogP contribution in [-0.4, -0.2) is 7.11 Å². The van der Waals surface area contributed by atoms with Gasteiger partial charge in [0, 0.05) is 6.04 Å². The quantitative estimate of drug-likeness (QED) is 0.842. The number of benzene rings is 1. The standard InChI is InChI=1S/C15H23NO/c1-17-14-9-7-13(8-10-14)15(16)11-6-12-4-2-3-5-12/h7-10,12,15H,2-6,11,16H2,1H3. The van der Waals surface area contributed by atoms with E-state index in [-0.39, 0.29) is 6.04 Å². The Morgan fingerprint density at radius 2 is 1.88 bits per heavy atom. The highest BCUT2D eigenvalue weighted by molar-refractivity contribution is 5.28. The molecule has 0 spiro atoms. The van der Waals surface area contributed by atoms with Gasteiger partial charge >= 0.3 is 0 Å². The monoisotopic (exact) mass is 233 g/mol. The zero-order valence-corrected chi connectivity index (χ0v) is 10.7. The van der Waals surface area contributed by atoms with Crippen LogP contribution in [0.1, 0.15) is 50.1 Å². The van der Waals surface area contributed by atoms with E-state index in [0.29, 0.717) is 0 Å². The van der Waals surface area contributed by atoms with Crippen molar-refractivity contribution in [1.82, 2.24) is 0 Å². The van der Waals surface area contributed by atoms with Gasteiger partial charge in [0.1, 0.15) is 5.75 Å². The minimum absolute atomic E-state index is 0.182. The summed E-state index contributed by atoms with van der Waals surface area (Å²) >= 11 is 0. The van der Waals surface area contributed by atoms with Crippen molar-refractivity contribution >= 4 is 0 Å². The van der Waals surface area contributed by atoms with Crippen LogP contribution >= 0.6 is 0 Å². The highest BCUT2D eigenvalue weighted by atomic mass is 16.5. The summed E-state index contributed by atoms with van der Waals surface area (Å²) in [6.07, 6.45) is 8.06. The fourth-order valence-electron chi connectivity index (χ4n) is 2.73. The predicted molar refractivity (Wildman–Crippen MR) is 71.1 cm³/mol. The van der Waals surface area contributed by atoms with Gasteiger partial charge < -0.3 is 10.5 Å². The van der Waals surface area contributed by atoms with Crippen molar-refractivity contribution in [3.8, 4) is 5.75 Å². The van der Waals surface area contributed by atoms with E-state index in [4.69, 9.17) is 10.5 Å². The number of nitrogens with two attached hydrogens (primary N) is 1. The summed E-state index contributed by atoms with van der Waals surface area (Å²) in [4.78, 5) is 0.